The molecule has 0 spiro atoms. The Kier molecular flexibility index (Phi) is 2.24. The molecule has 5 atom stereocenters. The van der Waals surface area contributed by atoms with E-state index in [0.717, 1.165) is 6.42 Å². The van der Waals surface area contributed by atoms with Crippen molar-refractivity contribution < 1.29 is 15.0 Å². The molecule has 0 radical (unpaired) electrons. The van der Waals surface area contributed by atoms with Crippen molar-refractivity contribution in [2.75, 3.05) is 6.61 Å². The number of carbonyl (C=O) groups excluding carboxylic acids is 1. The first-order valence-corrected chi connectivity index (χ1v) is 6.87. The van der Waals surface area contributed by atoms with E-state index < -0.39 is 11.0 Å². The Balaban J connectivity index is 2.20. The lowest BCUT2D eigenvalue weighted by molar-refractivity contribution is -0.162. The van der Waals surface area contributed by atoms with Crippen LogP contribution in [0.5, 0.6) is 0 Å². The van der Waals surface area contributed by atoms with Crippen molar-refractivity contribution in [2.24, 2.45) is 22.7 Å². The molecule has 0 aliphatic heterocycles. The van der Waals surface area contributed by atoms with Gasteiger partial charge in [-0.3, -0.25) is 4.79 Å². The van der Waals surface area contributed by atoms with E-state index in [1.807, 2.05) is 6.92 Å². The molecule has 0 heterocycles. The van der Waals surface area contributed by atoms with Crippen LogP contribution >= 0.6 is 0 Å². The van der Waals surface area contributed by atoms with Crippen molar-refractivity contribution in [3.8, 4) is 0 Å². The van der Waals surface area contributed by atoms with Crippen molar-refractivity contribution in [2.45, 2.75) is 45.6 Å². The maximum atomic E-state index is 12.3. The number of aliphatic hydroxyl groups excluding tert-OH is 1. The topological polar surface area (TPSA) is 57.5 Å². The molecule has 2 saturated carbocycles. The lowest BCUT2D eigenvalue weighted by Gasteiger charge is -2.54. The van der Waals surface area contributed by atoms with E-state index in [4.69, 9.17) is 0 Å². The molecule has 0 aromatic rings. The molecule has 18 heavy (non-hydrogen) atoms. The molecule has 3 aliphatic rings. The summed E-state index contributed by atoms with van der Waals surface area (Å²) in [5.74, 6) is 0.732. The lowest BCUT2D eigenvalue weighted by atomic mass is 9.51. The number of hydrogen-bond acceptors (Lipinski definition) is 3. The SMILES string of the molecule is C[C@@H]1CC=C2[C@@H]1C[C@]1(O)C(=O)C[C@]2(C)[C@@]1(C)CO. The summed E-state index contributed by atoms with van der Waals surface area (Å²) in [6.07, 6.45) is 4.14. The highest BCUT2D eigenvalue weighted by molar-refractivity contribution is 5.93. The smallest absolute Gasteiger partial charge is 0.165 e. The number of fused-ring (bicyclic) bond motifs is 4. The van der Waals surface area contributed by atoms with Crippen LogP contribution in [0.2, 0.25) is 0 Å². The van der Waals surface area contributed by atoms with E-state index in [-0.39, 0.29) is 17.8 Å². The predicted octanol–water partition coefficient (Wildman–Crippen LogP) is 1.68. The van der Waals surface area contributed by atoms with Crippen LogP contribution < -0.4 is 0 Å². The summed E-state index contributed by atoms with van der Waals surface area (Å²) >= 11 is 0. The highest BCUT2D eigenvalue weighted by Crippen LogP contribution is 2.69. The molecule has 0 amide bonds. The third-order valence-electron chi connectivity index (χ3n) is 6.37. The summed E-state index contributed by atoms with van der Waals surface area (Å²) in [7, 11) is 0. The number of rotatable bonds is 1. The van der Waals surface area contributed by atoms with Gasteiger partial charge >= 0.3 is 0 Å². The minimum Gasteiger partial charge on any atom is -0.396 e. The highest BCUT2D eigenvalue weighted by Gasteiger charge is 2.72. The van der Waals surface area contributed by atoms with Gasteiger partial charge in [0.25, 0.3) is 0 Å². The minimum atomic E-state index is -1.34. The average Bonchev–Trinajstić information content (AvgIpc) is 2.71. The molecule has 2 bridgehead atoms. The number of carbonyl (C=O) groups is 1. The van der Waals surface area contributed by atoms with Crippen molar-refractivity contribution in [3.05, 3.63) is 11.6 Å². The van der Waals surface area contributed by atoms with Gasteiger partial charge in [0.1, 0.15) is 5.60 Å². The number of aliphatic hydroxyl groups is 2. The van der Waals surface area contributed by atoms with Gasteiger partial charge in [-0.15, -0.1) is 0 Å². The predicted molar refractivity (Wildman–Crippen MR) is 67.8 cm³/mol. The van der Waals surface area contributed by atoms with E-state index in [0.29, 0.717) is 24.7 Å². The van der Waals surface area contributed by atoms with Crippen LogP contribution in [-0.4, -0.2) is 28.2 Å². The third kappa shape index (κ3) is 1.03. The fourth-order valence-electron chi connectivity index (χ4n) is 4.69. The average molecular weight is 250 g/mol. The van der Waals surface area contributed by atoms with Gasteiger partial charge in [-0.25, -0.2) is 0 Å². The van der Waals surface area contributed by atoms with Crippen LogP contribution in [0.25, 0.3) is 0 Å². The van der Waals surface area contributed by atoms with E-state index in [1.165, 1.54) is 5.57 Å². The maximum Gasteiger partial charge on any atom is 0.165 e. The molecule has 0 aromatic heterocycles. The van der Waals surface area contributed by atoms with Gasteiger partial charge in [0.2, 0.25) is 0 Å². The standard InChI is InChI=1S/C15H22O3/c1-9-4-5-11-10(9)6-15(18)12(17)7-13(11,2)14(15,3)8-16/h5,9-10,16,18H,4,6-8H2,1-3H3/t9-,10-,13+,14-,15+/m1/s1. The monoisotopic (exact) mass is 250 g/mol. The van der Waals surface area contributed by atoms with Gasteiger partial charge < -0.3 is 10.2 Å². The fourth-order valence-corrected chi connectivity index (χ4v) is 4.69. The molecule has 0 unspecified atom stereocenters. The van der Waals surface area contributed by atoms with Gasteiger partial charge in [-0.1, -0.05) is 32.4 Å². The molecule has 0 aromatic carbocycles. The molecular formula is C15H22O3. The number of allylic oxidation sites excluding steroid dienone is 2. The molecule has 3 nitrogen and oxygen atoms in total. The first-order valence-electron chi connectivity index (χ1n) is 6.87. The summed E-state index contributed by atoms with van der Waals surface area (Å²) < 4.78 is 0. The van der Waals surface area contributed by atoms with E-state index in [1.54, 1.807) is 0 Å². The van der Waals surface area contributed by atoms with Gasteiger partial charge in [0, 0.05) is 17.3 Å². The molecule has 2 fully saturated rings. The Morgan fingerprint density at radius 3 is 2.72 bits per heavy atom. The van der Waals surface area contributed by atoms with Crippen molar-refractivity contribution >= 4 is 5.78 Å². The molecular weight excluding hydrogens is 228 g/mol. The first kappa shape index (κ1) is 12.4. The molecule has 3 rings (SSSR count). The Morgan fingerprint density at radius 2 is 2.11 bits per heavy atom. The summed E-state index contributed by atoms with van der Waals surface area (Å²) in [4.78, 5) is 12.3. The summed E-state index contributed by atoms with van der Waals surface area (Å²) in [6.45, 7) is 5.98. The molecule has 100 valence electrons. The quantitative estimate of drug-likeness (QED) is 0.696. The van der Waals surface area contributed by atoms with Crippen LogP contribution in [0.4, 0.5) is 0 Å². The van der Waals surface area contributed by atoms with E-state index >= 15 is 0 Å². The Bertz CT molecular complexity index is 455. The van der Waals surface area contributed by atoms with E-state index in [9.17, 15) is 15.0 Å². The van der Waals surface area contributed by atoms with Crippen LogP contribution in [0.3, 0.4) is 0 Å². The second kappa shape index (κ2) is 3.26. The summed E-state index contributed by atoms with van der Waals surface area (Å²) in [6, 6.07) is 0. The van der Waals surface area contributed by atoms with Gasteiger partial charge in [-0.05, 0) is 24.7 Å². The zero-order valence-electron chi connectivity index (χ0n) is 11.4. The van der Waals surface area contributed by atoms with Gasteiger partial charge in [0.15, 0.2) is 5.78 Å². The van der Waals surface area contributed by atoms with Crippen LogP contribution in [0, 0.1) is 22.7 Å². The fraction of sp³-hybridized carbons (Fsp3) is 0.800. The second-order valence-corrected chi connectivity index (χ2v) is 6.97. The van der Waals surface area contributed by atoms with Crippen LogP contribution in [0.15, 0.2) is 11.6 Å². The van der Waals surface area contributed by atoms with Crippen molar-refractivity contribution in [1.82, 2.24) is 0 Å². The van der Waals surface area contributed by atoms with Gasteiger partial charge in [0.05, 0.1) is 6.61 Å². The summed E-state index contributed by atoms with van der Waals surface area (Å²) in [5, 5.41) is 20.7. The molecule has 2 N–H and O–H groups in total. The van der Waals surface area contributed by atoms with E-state index in [2.05, 4.69) is 19.9 Å². The minimum absolute atomic E-state index is 0.0796. The van der Waals surface area contributed by atoms with Crippen molar-refractivity contribution in [3.63, 3.8) is 0 Å². The summed E-state index contributed by atoms with van der Waals surface area (Å²) in [5.41, 5.74) is -1.14. The van der Waals surface area contributed by atoms with Crippen LogP contribution in [-0.2, 0) is 4.79 Å². The number of Topliss-reactive ketones (excluding diaryl/α,β-unsaturated/α-hetero) is 1. The number of ketones is 1. The molecule has 0 saturated heterocycles. The zero-order valence-corrected chi connectivity index (χ0v) is 11.4. The Hall–Kier alpha value is -0.670. The lowest BCUT2D eigenvalue weighted by Crippen LogP contribution is -2.59. The number of hydrogen-bond donors (Lipinski definition) is 2. The largest absolute Gasteiger partial charge is 0.396 e. The normalized spacial score (nSPS) is 54.5. The molecule has 3 heteroatoms. The first-order chi connectivity index (χ1) is 8.30. The zero-order chi connectivity index (χ0) is 13.3. The Labute approximate surface area is 108 Å². The van der Waals surface area contributed by atoms with Crippen molar-refractivity contribution in [1.29, 1.82) is 0 Å². The maximum absolute atomic E-state index is 12.3. The molecule has 3 aliphatic carbocycles. The third-order valence-corrected chi connectivity index (χ3v) is 6.37. The van der Waals surface area contributed by atoms with Crippen LogP contribution in [0.1, 0.15) is 40.0 Å². The Morgan fingerprint density at radius 1 is 1.44 bits per heavy atom. The highest BCUT2D eigenvalue weighted by atomic mass is 16.3. The van der Waals surface area contributed by atoms with Gasteiger partial charge in [-0.2, -0.15) is 0 Å². The second-order valence-electron chi connectivity index (χ2n) is 6.97.